The molecule has 0 fully saturated rings. The van der Waals surface area contributed by atoms with E-state index in [0.717, 1.165) is 11.4 Å². The van der Waals surface area contributed by atoms with Crippen molar-refractivity contribution < 1.29 is 9.53 Å². The molecule has 1 heterocycles. The first-order chi connectivity index (χ1) is 9.54. The lowest BCUT2D eigenvalue weighted by atomic mass is 10.2. The lowest BCUT2D eigenvalue weighted by Gasteiger charge is -2.09. The Hall–Kier alpha value is -2.30. The second-order valence-corrected chi connectivity index (χ2v) is 5.12. The summed E-state index contributed by atoms with van der Waals surface area (Å²) in [5.41, 5.74) is 1.95. The molecule has 0 aliphatic heterocycles. The third kappa shape index (κ3) is 3.85. The van der Waals surface area contributed by atoms with Gasteiger partial charge >= 0.3 is 0 Å². The molecule has 5 nitrogen and oxygen atoms in total. The summed E-state index contributed by atoms with van der Waals surface area (Å²) in [6.45, 7) is 6.73. The molecule has 0 bridgehead atoms. The van der Waals surface area contributed by atoms with Crippen molar-refractivity contribution in [3.05, 3.63) is 41.7 Å². The summed E-state index contributed by atoms with van der Waals surface area (Å²) in [4.78, 5) is 11.9. The number of nitrogens with one attached hydrogen (secondary N) is 2. The van der Waals surface area contributed by atoms with Crippen LogP contribution in [0.2, 0.25) is 0 Å². The van der Waals surface area contributed by atoms with E-state index >= 15 is 0 Å². The third-order valence-electron chi connectivity index (χ3n) is 2.63. The summed E-state index contributed by atoms with van der Waals surface area (Å²) in [5, 5.41) is 9.44. The fourth-order valence-corrected chi connectivity index (χ4v) is 1.63. The van der Waals surface area contributed by atoms with Gasteiger partial charge in [0.25, 0.3) is 5.91 Å². The molecule has 106 valence electrons. The first-order valence-corrected chi connectivity index (χ1v) is 6.61. The lowest BCUT2D eigenvalue weighted by molar-refractivity contribution is 0.102. The molecular weight excluding hydrogens is 254 g/mol. The van der Waals surface area contributed by atoms with Crippen LogP contribution in [0.1, 0.15) is 30.0 Å². The van der Waals surface area contributed by atoms with Crippen LogP contribution in [0, 0.1) is 12.8 Å². The van der Waals surface area contributed by atoms with Crippen LogP contribution < -0.4 is 10.1 Å². The first-order valence-electron chi connectivity index (χ1n) is 6.61. The number of rotatable bonds is 5. The highest BCUT2D eigenvalue weighted by atomic mass is 16.5. The second kappa shape index (κ2) is 6.23. The summed E-state index contributed by atoms with van der Waals surface area (Å²) in [6.07, 6.45) is 0. The Labute approximate surface area is 118 Å². The maximum Gasteiger partial charge on any atom is 0.276 e. The van der Waals surface area contributed by atoms with Crippen molar-refractivity contribution in [3.63, 3.8) is 0 Å². The van der Waals surface area contributed by atoms with Crippen molar-refractivity contribution in [2.75, 3.05) is 11.9 Å². The number of H-pyrrole nitrogens is 1. The lowest BCUT2D eigenvalue weighted by Crippen LogP contribution is -2.12. The minimum Gasteiger partial charge on any atom is -0.493 e. The molecule has 5 heteroatoms. The van der Waals surface area contributed by atoms with E-state index in [9.17, 15) is 4.79 Å². The fraction of sp³-hybridized carbons (Fsp3) is 0.333. The molecule has 20 heavy (non-hydrogen) atoms. The smallest absolute Gasteiger partial charge is 0.276 e. The van der Waals surface area contributed by atoms with E-state index < -0.39 is 0 Å². The maximum absolute atomic E-state index is 11.9. The Morgan fingerprint density at radius 1 is 1.35 bits per heavy atom. The van der Waals surface area contributed by atoms with Crippen molar-refractivity contribution in [2.24, 2.45) is 5.92 Å². The highest BCUT2D eigenvalue weighted by Gasteiger charge is 2.09. The Morgan fingerprint density at radius 3 is 2.60 bits per heavy atom. The minimum atomic E-state index is -0.231. The Kier molecular flexibility index (Phi) is 4.40. The van der Waals surface area contributed by atoms with Gasteiger partial charge in [-0.05, 0) is 43.2 Å². The van der Waals surface area contributed by atoms with Crippen molar-refractivity contribution in [3.8, 4) is 5.75 Å². The first kappa shape index (κ1) is 14.1. The van der Waals surface area contributed by atoms with E-state index in [1.54, 1.807) is 6.07 Å². The molecule has 0 spiro atoms. The molecular formula is C15H19N3O2. The van der Waals surface area contributed by atoms with Gasteiger partial charge < -0.3 is 10.1 Å². The molecule has 2 aromatic rings. The number of nitrogens with zero attached hydrogens (tertiary/aromatic N) is 1. The zero-order valence-electron chi connectivity index (χ0n) is 11.9. The number of carbonyl (C=O) groups is 1. The molecule has 0 radical (unpaired) electrons. The molecule has 1 amide bonds. The van der Waals surface area contributed by atoms with Gasteiger partial charge in [0.15, 0.2) is 5.69 Å². The number of benzene rings is 1. The summed E-state index contributed by atoms with van der Waals surface area (Å²) in [6, 6.07) is 9.01. The number of amides is 1. The van der Waals surface area contributed by atoms with Gasteiger partial charge in [0.2, 0.25) is 0 Å². The van der Waals surface area contributed by atoms with Crippen molar-refractivity contribution in [1.82, 2.24) is 10.2 Å². The van der Waals surface area contributed by atoms with Crippen LogP contribution in [0.15, 0.2) is 30.3 Å². The number of ether oxygens (including phenoxy) is 1. The van der Waals surface area contributed by atoms with Crippen LogP contribution in [-0.4, -0.2) is 22.7 Å². The van der Waals surface area contributed by atoms with Gasteiger partial charge in [-0.25, -0.2) is 0 Å². The fourth-order valence-electron chi connectivity index (χ4n) is 1.63. The average Bonchev–Trinajstić information content (AvgIpc) is 2.85. The summed E-state index contributed by atoms with van der Waals surface area (Å²) >= 11 is 0. The molecule has 0 unspecified atom stereocenters. The standard InChI is InChI=1S/C15H19N3O2/c1-10(2)9-20-13-6-4-12(5-7-13)16-15(19)14-8-11(3)17-18-14/h4-8,10H,9H2,1-3H3,(H,16,19)(H,17,18). The number of aryl methyl sites for hydroxylation is 1. The van der Waals surface area contributed by atoms with Crippen molar-refractivity contribution >= 4 is 11.6 Å². The maximum atomic E-state index is 11.9. The highest BCUT2D eigenvalue weighted by molar-refractivity contribution is 6.02. The Bertz CT molecular complexity index is 573. The van der Waals surface area contributed by atoms with Gasteiger partial charge in [0, 0.05) is 11.4 Å². The number of anilines is 1. The predicted octanol–water partition coefficient (Wildman–Crippen LogP) is 3.01. The van der Waals surface area contributed by atoms with E-state index in [-0.39, 0.29) is 5.91 Å². The zero-order valence-corrected chi connectivity index (χ0v) is 11.9. The van der Waals surface area contributed by atoms with Crippen LogP contribution in [0.3, 0.4) is 0 Å². The molecule has 0 aliphatic rings. The Balaban J connectivity index is 1.95. The number of hydrogen-bond donors (Lipinski definition) is 2. The van der Waals surface area contributed by atoms with Crippen LogP contribution in [0.4, 0.5) is 5.69 Å². The number of aromatic nitrogens is 2. The number of aromatic amines is 1. The topological polar surface area (TPSA) is 67.0 Å². The average molecular weight is 273 g/mol. The van der Waals surface area contributed by atoms with E-state index in [2.05, 4.69) is 29.4 Å². The van der Waals surface area contributed by atoms with E-state index in [0.29, 0.717) is 23.9 Å². The van der Waals surface area contributed by atoms with E-state index in [1.807, 2.05) is 31.2 Å². The van der Waals surface area contributed by atoms with Gasteiger partial charge in [-0.2, -0.15) is 5.10 Å². The molecule has 0 atom stereocenters. The molecule has 1 aromatic heterocycles. The summed E-state index contributed by atoms with van der Waals surface area (Å²) in [5.74, 6) is 1.05. The van der Waals surface area contributed by atoms with Crippen LogP contribution in [-0.2, 0) is 0 Å². The van der Waals surface area contributed by atoms with Crippen LogP contribution in [0.5, 0.6) is 5.75 Å². The van der Waals surface area contributed by atoms with Gasteiger partial charge in [-0.1, -0.05) is 13.8 Å². The van der Waals surface area contributed by atoms with E-state index in [1.165, 1.54) is 0 Å². The molecule has 2 N–H and O–H groups in total. The van der Waals surface area contributed by atoms with Crippen molar-refractivity contribution in [2.45, 2.75) is 20.8 Å². The predicted molar refractivity (Wildman–Crippen MR) is 78.1 cm³/mol. The van der Waals surface area contributed by atoms with Gasteiger partial charge in [-0.15, -0.1) is 0 Å². The number of carbonyl (C=O) groups excluding carboxylic acids is 1. The second-order valence-electron chi connectivity index (χ2n) is 5.12. The zero-order chi connectivity index (χ0) is 14.5. The molecule has 0 saturated carbocycles. The molecule has 0 saturated heterocycles. The van der Waals surface area contributed by atoms with Gasteiger partial charge in [0.05, 0.1) is 6.61 Å². The van der Waals surface area contributed by atoms with Crippen molar-refractivity contribution in [1.29, 1.82) is 0 Å². The summed E-state index contributed by atoms with van der Waals surface area (Å²) in [7, 11) is 0. The quantitative estimate of drug-likeness (QED) is 0.880. The van der Waals surface area contributed by atoms with Gasteiger partial charge in [0.1, 0.15) is 5.75 Å². The Morgan fingerprint density at radius 2 is 2.05 bits per heavy atom. The van der Waals surface area contributed by atoms with E-state index in [4.69, 9.17) is 4.74 Å². The normalized spacial score (nSPS) is 10.6. The van der Waals surface area contributed by atoms with Crippen LogP contribution >= 0.6 is 0 Å². The monoisotopic (exact) mass is 273 g/mol. The minimum absolute atomic E-state index is 0.231. The largest absolute Gasteiger partial charge is 0.493 e. The summed E-state index contributed by atoms with van der Waals surface area (Å²) < 4.78 is 5.59. The van der Waals surface area contributed by atoms with Gasteiger partial charge in [-0.3, -0.25) is 9.89 Å². The SMILES string of the molecule is Cc1cc(C(=O)Nc2ccc(OCC(C)C)cc2)n[nH]1. The molecule has 2 rings (SSSR count). The number of hydrogen-bond acceptors (Lipinski definition) is 3. The van der Waals surface area contributed by atoms with Crippen LogP contribution in [0.25, 0.3) is 0 Å². The highest BCUT2D eigenvalue weighted by Crippen LogP contribution is 2.17. The molecule has 1 aromatic carbocycles. The third-order valence-corrected chi connectivity index (χ3v) is 2.63. The molecule has 0 aliphatic carbocycles.